The molecule has 0 aliphatic heterocycles. The van der Waals surface area contributed by atoms with Crippen LogP contribution in [-0.4, -0.2) is 0 Å². The summed E-state index contributed by atoms with van der Waals surface area (Å²) in [7, 11) is 0. The van der Waals surface area contributed by atoms with Gasteiger partial charge in [0.25, 0.3) is 0 Å². The van der Waals surface area contributed by atoms with Crippen molar-refractivity contribution in [2.45, 2.75) is 46.5 Å². The highest BCUT2D eigenvalue weighted by Crippen LogP contribution is 2.32. The number of hydrogen-bond acceptors (Lipinski definition) is 0. The van der Waals surface area contributed by atoms with Gasteiger partial charge in [0.2, 0.25) is 0 Å². The van der Waals surface area contributed by atoms with E-state index in [0.29, 0.717) is 5.41 Å². The second-order valence-corrected chi connectivity index (χ2v) is 5.28. The fourth-order valence-corrected chi connectivity index (χ4v) is 1.96. The Bertz CT molecular complexity index is 253. The first-order chi connectivity index (χ1) is 6.53. The van der Waals surface area contributed by atoms with Crippen molar-refractivity contribution in [3.8, 4) is 0 Å². The van der Waals surface area contributed by atoms with Crippen LogP contribution in [0.25, 0.3) is 0 Å². The standard InChI is InChI=1S/C14H22/c1-5-12(11-14(2,3)4)13-9-7-6-8-10-13/h6-10,12H,5,11H2,1-4H3. The predicted octanol–water partition coefficient (Wildman–Crippen LogP) is 4.62. The minimum absolute atomic E-state index is 0.427. The minimum atomic E-state index is 0.427. The highest BCUT2D eigenvalue weighted by atomic mass is 14.2. The van der Waals surface area contributed by atoms with Crippen molar-refractivity contribution in [2.24, 2.45) is 5.41 Å². The molecule has 0 saturated heterocycles. The topological polar surface area (TPSA) is 0 Å². The van der Waals surface area contributed by atoms with E-state index < -0.39 is 0 Å². The van der Waals surface area contributed by atoms with Gasteiger partial charge in [-0.1, -0.05) is 58.0 Å². The zero-order valence-electron chi connectivity index (χ0n) is 9.88. The number of benzene rings is 1. The predicted molar refractivity (Wildman–Crippen MR) is 63.5 cm³/mol. The summed E-state index contributed by atoms with van der Waals surface area (Å²) in [6.45, 7) is 9.24. The van der Waals surface area contributed by atoms with E-state index in [2.05, 4.69) is 58.0 Å². The zero-order valence-corrected chi connectivity index (χ0v) is 9.88. The lowest BCUT2D eigenvalue weighted by atomic mass is 9.80. The molecule has 0 heterocycles. The molecule has 0 nitrogen and oxygen atoms in total. The first-order valence-electron chi connectivity index (χ1n) is 5.58. The van der Waals surface area contributed by atoms with Gasteiger partial charge < -0.3 is 0 Å². The van der Waals surface area contributed by atoms with Crippen molar-refractivity contribution in [1.82, 2.24) is 0 Å². The molecule has 0 fully saturated rings. The molecule has 1 atom stereocenters. The summed E-state index contributed by atoms with van der Waals surface area (Å²) < 4.78 is 0. The van der Waals surface area contributed by atoms with Gasteiger partial charge in [0.15, 0.2) is 0 Å². The van der Waals surface area contributed by atoms with Gasteiger partial charge in [-0.2, -0.15) is 0 Å². The number of rotatable bonds is 3. The fraction of sp³-hybridized carbons (Fsp3) is 0.571. The minimum Gasteiger partial charge on any atom is -0.0648 e. The molecule has 14 heavy (non-hydrogen) atoms. The largest absolute Gasteiger partial charge is 0.0648 e. The molecule has 1 aromatic rings. The molecular weight excluding hydrogens is 168 g/mol. The SMILES string of the molecule is CCC(CC(C)(C)C)c1ccccc1. The fourth-order valence-electron chi connectivity index (χ4n) is 1.96. The van der Waals surface area contributed by atoms with Crippen LogP contribution in [0.3, 0.4) is 0 Å². The molecular formula is C14H22. The summed E-state index contributed by atoms with van der Waals surface area (Å²) in [5.41, 5.74) is 1.92. The first kappa shape index (κ1) is 11.3. The lowest BCUT2D eigenvalue weighted by Gasteiger charge is -2.25. The third-order valence-corrected chi connectivity index (χ3v) is 2.62. The molecule has 1 unspecified atom stereocenters. The highest BCUT2D eigenvalue weighted by molar-refractivity contribution is 5.19. The van der Waals surface area contributed by atoms with Crippen molar-refractivity contribution < 1.29 is 0 Å². The summed E-state index contributed by atoms with van der Waals surface area (Å²) in [6, 6.07) is 10.9. The zero-order chi connectivity index (χ0) is 10.6. The van der Waals surface area contributed by atoms with Gasteiger partial charge in [-0.15, -0.1) is 0 Å². The third-order valence-electron chi connectivity index (χ3n) is 2.62. The van der Waals surface area contributed by atoms with Crippen LogP contribution in [0.15, 0.2) is 30.3 Å². The van der Waals surface area contributed by atoms with Gasteiger partial charge in [0.1, 0.15) is 0 Å². The molecule has 0 spiro atoms. The third kappa shape index (κ3) is 3.53. The van der Waals surface area contributed by atoms with Gasteiger partial charge in [-0.3, -0.25) is 0 Å². The first-order valence-corrected chi connectivity index (χ1v) is 5.58. The molecule has 0 N–H and O–H groups in total. The maximum Gasteiger partial charge on any atom is -0.0160 e. The molecule has 78 valence electrons. The molecule has 0 radical (unpaired) electrons. The van der Waals surface area contributed by atoms with E-state index in [1.165, 1.54) is 18.4 Å². The van der Waals surface area contributed by atoms with Crippen LogP contribution < -0.4 is 0 Å². The summed E-state index contributed by atoms with van der Waals surface area (Å²) in [6.07, 6.45) is 2.51. The van der Waals surface area contributed by atoms with E-state index in [1.807, 2.05) is 0 Å². The van der Waals surface area contributed by atoms with Crippen molar-refractivity contribution >= 4 is 0 Å². The van der Waals surface area contributed by atoms with Crippen LogP contribution in [0.5, 0.6) is 0 Å². The van der Waals surface area contributed by atoms with E-state index in [0.717, 1.165) is 5.92 Å². The maximum atomic E-state index is 2.32. The average Bonchev–Trinajstić information content (AvgIpc) is 2.14. The van der Waals surface area contributed by atoms with Gasteiger partial charge in [-0.05, 0) is 29.7 Å². The molecule has 0 bridgehead atoms. The normalized spacial score (nSPS) is 14.0. The van der Waals surface area contributed by atoms with Gasteiger partial charge >= 0.3 is 0 Å². The van der Waals surface area contributed by atoms with Gasteiger partial charge in [0.05, 0.1) is 0 Å². The van der Waals surface area contributed by atoms with E-state index in [4.69, 9.17) is 0 Å². The summed E-state index contributed by atoms with van der Waals surface area (Å²) in [4.78, 5) is 0. The lowest BCUT2D eigenvalue weighted by molar-refractivity contribution is 0.335. The van der Waals surface area contributed by atoms with E-state index in [-0.39, 0.29) is 0 Å². The molecule has 0 aliphatic carbocycles. The Kier molecular flexibility index (Phi) is 3.74. The second kappa shape index (κ2) is 4.63. The monoisotopic (exact) mass is 190 g/mol. The van der Waals surface area contributed by atoms with Crippen LogP contribution in [-0.2, 0) is 0 Å². The van der Waals surface area contributed by atoms with Crippen molar-refractivity contribution in [3.63, 3.8) is 0 Å². The van der Waals surface area contributed by atoms with Crippen molar-refractivity contribution in [2.75, 3.05) is 0 Å². The Hall–Kier alpha value is -0.780. The Labute approximate surface area is 88.4 Å². The molecule has 0 aliphatic rings. The van der Waals surface area contributed by atoms with Crippen LogP contribution in [0, 0.1) is 5.41 Å². The second-order valence-electron chi connectivity index (χ2n) is 5.28. The highest BCUT2D eigenvalue weighted by Gasteiger charge is 2.18. The molecule has 1 rings (SSSR count). The molecule has 0 saturated carbocycles. The summed E-state index contributed by atoms with van der Waals surface area (Å²) in [5, 5.41) is 0. The van der Waals surface area contributed by atoms with Crippen molar-refractivity contribution in [1.29, 1.82) is 0 Å². The Morgan fingerprint density at radius 3 is 2.07 bits per heavy atom. The Morgan fingerprint density at radius 2 is 1.64 bits per heavy atom. The molecule has 0 amide bonds. The average molecular weight is 190 g/mol. The van der Waals surface area contributed by atoms with Crippen LogP contribution in [0.4, 0.5) is 0 Å². The Morgan fingerprint density at radius 1 is 1.07 bits per heavy atom. The smallest absolute Gasteiger partial charge is 0.0160 e. The van der Waals surface area contributed by atoms with E-state index in [1.54, 1.807) is 0 Å². The summed E-state index contributed by atoms with van der Waals surface area (Å²) >= 11 is 0. The van der Waals surface area contributed by atoms with Gasteiger partial charge in [0, 0.05) is 0 Å². The summed E-state index contributed by atoms with van der Waals surface area (Å²) in [5.74, 6) is 0.719. The van der Waals surface area contributed by atoms with Crippen LogP contribution in [0.2, 0.25) is 0 Å². The molecule has 0 heteroatoms. The van der Waals surface area contributed by atoms with E-state index in [9.17, 15) is 0 Å². The molecule has 0 aromatic heterocycles. The lowest BCUT2D eigenvalue weighted by Crippen LogP contribution is -2.11. The van der Waals surface area contributed by atoms with E-state index >= 15 is 0 Å². The number of hydrogen-bond donors (Lipinski definition) is 0. The quantitative estimate of drug-likeness (QED) is 0.652. The van der Waals surface area contributed by atoms with Crippen LogP contribution in [0.1, 0.15) is 52.0 Å². The molecule has 1 aromatic carbocycles. The van der Waals surface area contributed by atoms with Crippen molar-refractivity contribution in [3.05, 3.63) is 35.9 Å². The van der Waals surface area contributed by atoms with Gasteiger partial charge in [-0.25, -0.2) is 0 Å². The Balaban J connectivity index is 2.73. The van der Waals surface area contributed by atoms with Crippen LogP contribution >= 0.6 is 0 Å². The maximum absolute atomic E-state index is 2.32.